The molecule has 0 spiro atoms. The number of hydrogen-bond acceptors (Lipinski definition) is 4. The number of Topliss-reactive ketones (excluding diaryl/α,β-unsaturated/α-hetero) is 2. The predicted octanol–water partition coefficient (Wildman–Crippen LogP) is 1.90. The fourth-order valence-electron chi connectivity index (χ4n) is 1.14. The van der Waals surface area contributed by atoms with Crippen molar-refractivity contribution in [1.82, 2.24) is 0 Å². The van der Waals surface area contributed by atoms with Crippen LogP contribution < -0.4 is 0 Å². The van der Waals surface area contributed by atoms with Crippen molar-refractivity contribution >= 4 is 33.5 Å². The number of methoxy groups -OCH3 is 1. The van der Waals surface area contributed by atoms with E-state index < -0.39 is 29.8 Å². The van der Waals surface area contributed by atoms with Crippen molar-refractivity contribution in [3.05, 3.63) is 34.1 Å². The number of halogens is 2. The van der Waals surface area contributed by atoms with Gasteiger partial charge in [-0.15, -0.1) is 0 Å². The summed E-state index contributed by atoms with van der Waals surface area (Å²) in [7, 11) is 1.05. The monoisotopic (exact) mass is 302 g/mol. The Labute approximate surface area is 105 Å². The van der Waals surface area contributed by atoms with E-state index in [-0.39, 0.29) is 10.0 Å². The van der Waals surface area contributed by atoms with Crippen LogP contribution in [0.1, 0.15) is 16.8 Å². The lowest BCUT2D eigenvalue weighted by Gasteiger charge is -2.02. The molecule has 0 N–H and O–H groups in total. The summed E-state index contributed by atoms with van der Waals surface area (Å²) >= 11 is 3.00. The molecule has 0 aliphatic carbocycles. The summed E-state index contributed by atoms with van der Waals surface area (Å²) in [6.07, 6.45) is -0.600. The largest absolute Gasteiger partial charge is 0.463 e. The van der Waals surface area contributed by atoms with E-state index in [1.165, 1.54) is 6.07 Å². The molecule has 1 aromatic carbocycles. The van der Waals surface area contributed by atoms with Crippen LogP contribution in [0.4, 0.5) is 4.39 Å². The highest BCUT2D eigenvalue weighted by Crippen LogP contribution is 2.19. The molecule has 90 valence electrons. The highest BCUT2D eigenvalue weighted by atomic mass is 79.9. The zero-order chi connectivity index (χ0) is 13.0. The first-order chi connectivity index (χ1) is 7.95. The maximum absolute atomic E-state index is 12.8. The topological polar surface area (TPSA) is 60.4 Å². The molecule has 0 aliphatic rings. The molecule has 0 atom stereocenters. The molecule has 6 heteroatoms. The third kappa shape index (κ3) is 3.45. The summed E-state index contributed by atoms with van der Waals surface area (Å²) in [4.78, 5) is 33.6. The van der Waals surface area contributed by atoms with Crippen molar-refractivity contribution in [3.8, 4) is 0 Å². The Balaban J connectivity index is 2.84. The van der Waals surface area contributed by atoms with E-state index >= 15 is 0 Å². The first kappa shape index (κ1) is 13.5. The number of ketones is 2. The molecule has 1 rings (SSSR count). The number of carbonyl (C=O) groups excluding carboxylic acids is 3. The molecular weight excluding hydrogens is 295 g/mol. The number of esters is 1. The van der Waals surface area contributed by atoms with Crippen LogP contribution in [0.25, 0.3) is 0 Å². The molecule has 0 amide bonds. The van der Waals surface area contributed by atoms with Crippen molar-refractivity contribution in [2.24, 2.45) is 0 Å². The smallest absolute Gasteiger partial charge is 0.374 e. The second kappa shape index (κ2) is 5.67. The Hall–Kier alpha value is -1.56. The Morgan fingerprint density at radius 1 is 1.35 bits per heavy atom. The first-order valence-corrected chi connectivity index (χ1v) is 5.34. The van der Waals surface area contributed by atoms with E-state index in [9.17, 15) is 18.8 Å². The second-order valence-electron chi connectivity index (χ2n) is 3.14. The van der Waals surface area contributed by atoms with Crippen LogP contribution in [0.2, 0.25) is 0 Å². The maximum Gasteiger partial charge on any atom is 0.374 e. The van der Waals surface area contributed by atoms with Gasteiger partial charge in [0.15, 0.2) is 5.78 Å². The van der Waals surface area contributed by atoms with Crippen LogP contribution in [0.15, 0.2) is 22.7 Å². The lowest BCUT2D eigenvalue weighted by atomic mass is 10.1. The zero-order valence-electron chi connectivity index (χ0n) is 8.83. The average molecular weight is 303 g/mol. The fourth-order valence-corrected chi connectivity index (χ4v) is 1.71. The quantitative estimate of drug-likeness (QED) is 0.369. The average Bonchev–Trinajstić information content (AvgIpc) is 2.27. The van der Waals surface area contributed by atoms with Gasteiger partial charge >= 0.3 is 5.97 Å². The van der Waals surface area contributed by atoms with Crippen LogP contribution in [0.5, 0.6) is 0 Å². The molecule has 0 radical (unpaired) electrons. The van der Waals surface area contributed by atoms with Crippen molar-refractivity contribution in [1.29, 1.82) is 0 Å². The van der Waals surface area contributed by atoms with Gasteiger partial charge in [-0.1, -0.05) is 0 Å². The molecule has 0 bridgehead atoms. The number of carbonyl (C=O) groups is 3. The van der Waals surface area contributed by atoms with Crippen LogP contribution >= 0.6 is 15.9 Å². The normalized spacial score (nSPS) is 9.82. The summed E-state index contributed by atoms with van der Waals surface area (Å²) in [5.41, 5.74) is 0.142. The second-order valence-corrected chi connectivity index (χ2v) is 3.99. The molecule has 0 fully saturated rings. The van der Waals surface area contributed by atoms with E-state index in [2.05, 4.69) is 20.7 Å². The molecule has 0 unspecified atom stereocenters. The molecule has 4 nitrogen and oxygen atoms in total. The van der Waals surface area contributed by atoms with Gasteiger partial charge in [0.1, 0.15) is 5.82 Å². The minimum absolute atomic E-state index is 0.142. The zero-order valence-corrected chi connectivity index (χ0v) is 10.4. The molecule has 0 saturated heterocycles. The highest BCUT2D eigenvalue weighted by molar-refractivity contribution is 9.10. The number of benzene rings is 1. The van der Waals surface area contributed by atoms with Crippen molar-refractivity contribution in [2.75, 3.05) is 7.11 Å². The lowest BCUT2D eigenvalue weighted by Crippen LogP contribution is -2.19. The highest BCUT2D eigenvalue weighted by Gasteiger charge is 2.20. The van der Waals surface area contributed by atoms with Gasteiger partial charge in [-0.25, -0.2) is 9.18 Å². The molecular formula is C11H8BrFO4. The lowest BCUT2D eigenvalue weighted by molar-refractivity contribution is -0.151. The molecule has 1 aromatic rings. The third-order valence-corrected chi connectivity index (χ3v) is 2.62. The molecule has 0 aromatic heterocycles. The number of ether oxygens (including phenoxy) is 1. The summed E-state index contributed by atoms with van der Waals surface area (Å²) in [5, 5.41) is 0. The van der Waals surface area contributed by atoms with Crippen molar-refractivity contribution in [3.63, 3.8) is 0 Å². The van der Waals surface area contributed by atoms with Crippen LogP contribution in [-0.4, -0.2) is 24.6 Å². The molecule has 17 heavy (non-hydrogen) atoms. The fraction of sp³-hybridized carbons (Fsp3) is 0.182. The number of rotatable bonds is 4. The van der Waals surface area contributed by atoms with Gasteiger partial charge in [-0.2, -0.15) is 0 Å². The van der Waals surface area contributed by atoms with E-state index in [1.807, 2.05) is 0 Å². The first-order valence-electron chi connectivity index (χ1n) is 4.55. The van der Waals surface area contributed by atoms with Gasteiger partial charge in [-0.3, -0.25) is 9.59 Å². The molecule has 0 saturated carbocycles. The predicted molar refractivity (Wildman–Crippen MR) is 60.1 cm³/mol. The maximum atomic E-state index is 12.8. The molecule has 0 aliphatic heterocycles. The summed E-state index contributed by atoms with van der Waals surface area (Å²) in [6, 6.07) is 3.45. The minimum atomic E-state index is -1.07. The van der Waals surface area contributed by atoms with E-state index in [0.717, 1.165) is 19.2 Å². The van der Waals surface area contributed by atoms with Crippen LogP contribution in [-0.2, 0) is 14.3 Å². The Bertz CT molecular complexity index is 484. The van der Waals surface area contributed by atoms with Gasteiger partial charge in [0.05, 0.1) is 13.5 Å². The van der Waals surface area contributed by atoms with Gasteiger partial charge in [0, 0.05) is 10.0 Å². The standard InChI is InChI=1S/C11H8BrFO4/c1-17-11(16)10(15)5-9(14)7-3-2-6(13)4-8(7)12/h2-4H,5H2,1H3. The summed E-state index contributed by atoms with van der Waals surface area (Å²) < 4.78 is 17.2. The van der Waals surface area contributed by atoms with Crippen LogP contribution in [0.3, 0.4) is 0 Å². The number of hydrogen-bond donors (Lipinski definition) is 0. The summed E-state index contributed by atoms with van der Waals surface area (Å²) in [5.74, 6) is -3.09. The van der Waals surface area contributed by atoms with E-state index in [0.29, 0.717) is 0 Å². The third-order valence-electron chi connectivity index (χ3n) is 1.97. The van der Waals surface area contributed by atoms with Crippen LogP contribution in [0, 0.1) is 5.82 Å². The van der Waals surface area contributed by atoms with E-state index in [4.69, 9.17) is 0 Å². The minimum Gasteiger partial charge on any atom is -0.463 e. The summed E-state index contributed by atoms with van der Waals surface area (Å²) in [6.45, 7) is 0. The van der Waals surface area contributed by atoms with E-state index in [1.54, 1.807) is 0 Å². The molecule has 0 heterocycles. The van der Waals surface area contributed by atoms with Crippen molar-refractivity contribution in [2.45, 2.75) is 6.42 Å². The Kier molecular flexibility index (Phi) is 4.51. The van der Waals surface area contributed by atoms with Gasteiger partial charge in [-0.05, 0) is 34.1 Å². The Morgan fingerprint density at radius 2 is 2.00 bits per heavy atom. The van der Waals surface area contributed by atoms with Gasteiger partial charge < -0.3 is 4.74 Å². The van der Waals surface area contributed by atoms with Crippen molar-refractivity contribution < 1.29 is 23.5 Å². The van der Waals surface area contributed by atoms with Gasteiger partial charge in [0.25, 0.3) is 0 Å². The van der Waals surface area contributed by atoms with Gasteiger partial charge in [0.2, 0.25) is 5.78 Å². The Morgan fingerprint density at radius 3 is 2.53 bits per heavy atom. The SMILES string of the molecule is COC(=O)C(=O)CC(=O)c1ccc(F)cc1Br.